The third-order valence-corrected chi connectivity index (χ3v) is 3.74. The maximum absolute atomic E-state index is 6.20. The van der Waals surface area contributed by atoms with E-state index in [1.165, 1.54) is 0 Å². The first-order valence-corrected chi connectivity index (χ1v) is 6.97. The second-order valence-electron chi connectivity index (χ2n) is 4.71. The van der Waals surface area contributed by atoms with Crippen LogP contribution in [0.1, 0.15) is 25.1 Å². The number of pyridine rings is 1. The van der Waals surface area contributed by atoms with E-state index in [2.05, 4.69) is 4.98 Å². The molecule has 3 aromatic rings. The fourth-order valence-corrected chi connectivity index (χ4v) is 2.45. The Morgan fingerprint density at radius 2 is 2.10 bits per heavy atom. The first-order valence-electron chi connectivity index (χ1n) is 6.59. The molecule has 20 heavy (non-hydrogen) atoms. The molecule has 1 unspecified atom stereocenters. The van der Waals surface area contributed by atoms with Crippen LogP contribution in [0, 0.1) is 0 Å². The molecular formula is C16H15ClN2O. The third-order valence-electron chi connectivity index (χ3n) is 3.41. The molecule has 0 aliphatic rings. The summed E-state index contributed by atoms with van der Waals surface area (Å²) < 4.78 is 5.86. The molecule has 0 spiro atoms. The van der Waals surface area contributed by atoms with Crippen molar-refractivity contribution >= 4 is 22.5 Å². The molecule has 4 heteroatoms. The lowest BCUT2D eigenvalue weighted by atomic mass is 10.1. The zero-order chi connectivity index (χ0) is 14.1. The lowest BCUT2D eigenvalue weighted by Crippen LogP contribution is -2.06. The molecule has 0 aliphatic carbocycles. The molecular weight excluding hydrogens is 272 g/mol. The van der Waals surface area contributed by atoms with E-state index in [1.54, 1.807) is 6.20 Å². The summed E-state index contributed by atoms with van der Waals surface area (Å²) >= 11 is 6.20. The van der Waals surface area contributed by atoms with Crippen LogP contribution >= 0.6 is 11.6 Å². The standard InChI is InChI=1S/C16H15ClN2O/c1-2-13(18)15-8-7-14(20-15)11-5-6-12(17)10-4-3-9-19-16(10)11/h3-9,13H,2,18H2,1H3. The monoisotopic (exact) mass is 286 g/mol. The minimum absolute atomic E-state index is 0.0738. The van der Waals surface area contributed by atoms with Crippen molar-refractivity contribution in [3.05, 3.63) is 53.4 Å². The quantitative estimate of drug-likeness (QED) is 0.768. The molecule has 0 saturated carbocycles. The van der Waals surface area contributed by atoms with Gasteiger partial charge in [0.1, 0.15) is 11.5 Å². The SMILES string of the molecule is CCC(N)c1ccc(-c2ccc(Cl)c3cccnc23)o1. The predicted octanol–water partition coefficient (Wildman–Crippen LogP) is 4.56. The van der Waals surface area contributed by atoms with Crippen LogP contribution in [0.25, 0.3) is 22.2 Å². The van der Waals surface area contributed by atoms with E-state index in [9.17, 15) is 0 Å². The number of rotatable bonds is 3. The Morgan fingerprint density at radius 3 is 2.90 bits per heavy atom. The number of nitrogens with two attached hydrogens (primary N) is 1. The van der Waals surface area contributed by atoms with Gasteiger partial charge >= 0.3 is 0 Å². The van der Waals surface area contributed by atoms with Crippen LogP contribution in [0.2, 0.25) is 5.02 Å². The summed E-state index contributed by atoms with van der Waals surface area (Å²) in [5.41, 5.74) is 7.76. The normalized spacial score (nSPS) is 12.8. The average Bonchev–Trinajstić information content (AvgIpc) is 2.97. The van der Waals surface area contributed by atoms with Gasteiger partial charge in [-0.3, -0.25) is 4.98 Å². The van der Waals surface area contributed by atoms with Crippen LogP contribution in [-0.4, -0.2) is 4.98 Å². The first-order chi connectivity index (χ1) is 9.70. The Morgan fingerprint density at radius 1 is 1.25 bits per heavy atom. The number of hydrogen-bond acceptors (Lipinski definition) is 3. The molecule has 2 aromatic heterocycles. The number of furan rings is 1. The summed E-state index contributed by atoms with van der Waals surface area (Å²) in [6, 6.07) is 11.4. The highest BCUT2D eigenvalue weighted by Gasteiger charge is 2.13. The maximum atomic E-state index is 6.20. The molecule has 2 heterocycles. The van der Waals surface area contributed by atoms with E-state index in [4.69, 9.17) is 21.8 Å². The topological polar surface area (TPSA) is 52.0 Å². The van der Waals surface area contributed by atoms with Gasteiger partial charge in [0, 0.05) is 17.1 Å². The number of fused-ring (bicyclic) bond motifs is 1. The molecule has 2 N–H and O–H groups in total. The van der Waals surface area contributed by atoms with Crippen molar-refractivity contribution in [2.75, 3.05) is 0 Å². The Labute approximate surface area is 122 Å². The van der Waals surface area contributed by atoms with Gasteiger partial charge in [-0.15, -0.1) is 0 Å². The van der Waals surface area contributed by atoms with Crippen molar-refractivity contribution < 1.29 is 4.42 Å². The Hall–Kier alpha value is -1.84. The molecule has 102 valence electrons. The van der Waals surface area contributed by atoms with Crippen LogP contribution in [0.4, 0.5) is 0 Å². The zero-order valence-electron chi connectivity index (χ0n) is 11.1. The Bertz CT molecular complexity index is 751. The Kier molecular flexibility index (Phi) is 3.47. The van der Waals surface area contributed by atoms with Crippen LogP contribution in [0.15, 0.2) is 47.0 Å². The minimum Gasteiger partial charge on any atom is -0.459 e. The minimum atomic E-state index is -0.0738. The summed E-state index contributed by atoms with van der Waals surface area (Å²) in [4.78, 5) is 4.42. The highest BCUT2D eigenvalue weighted by atomic mass is 35.5. The summed E-state index contributed by atoms with van der Waals surface area (Å²) in [6.07, 6.45) is 2.59. The molecule has 1 aromatic carbocycles. The molecule has 3 rings (SSSR count). The first kappa shape index (κ1) is 13.2. The Balaban J connectivity index is 2.15. The summed E-state index contributed by atoms with van der Waals surface area (Å²) in [6.45, 7) is 2.03. The predicted molar refractivity (Wildman–Crippen MR) is 81.7 cm³/mol. The van der Waals surface area contributed by atoms with Crippen molar-refractivity contribution in [3.8, 4) is 11.3 Å². The van der Waals surface area contributed by atoms with Crippen molar-refractivity contribution in [1.82, 2.24) is 4.98 Å². The van der Waals surface area contributed by atoms with Gasteiger partial charge in [-0.25, -0.2) is 0 Å². The fraction of sp³-hybridized carbons (Fsp3) is 0.188. The molecule has 0 saturated heterocycles. The molecule has 0 amide bonds. The smallest absolute Gasteiger partial charge is 0.136 e. The van der Waals surface area contributed by atoms with Crippen molar-refractivity contribution in [3.63, 3.8) is 0 Å². The van der Waals surface area contributed by atoms with Gasteiger partial charge in [0.05, 0.1) is 16.6 Å². The lowest BCUT2D eigenvalue weighted by molar-refractivity contribution is 0.470. The van der Waals surface area contributed by atoms with Crippen molar-refractivity contribution in [2.24, 2.45) is 5.73 Å². The van der Waals surface area contributed by atoms with Gasteiger partial charge in [-0.2, -0.15) is 0 Å². The van der Waals surface area contributed by atoms with Gasteiger partial charge in [0.15, 0.2) is 0 Å². The summed E-state index contributed by atoms with van der Waals surface area (Å²) in [5, 5.41) is 1.61. The van der Waals surface area contributed by atoms with Gasteiger partial charge < -0.3 is 10.2 Å². The van der Waals surface area contributed by atoms with Gasteiger partial charge in [-0.1, -0.05) is 18.5 Å². The summed E-state index contributed by atoms with van der Waals surface area (Å²) in [5.74, 6) is 1.56. The molecule has 0 aliphatic heterocycles. The van der Waals surface area contributed by atoms with Gasteiger partial charge in [0.2, 0.25) is 0 Å². The molecule has 3 nitrogen and oxygen atoms in total. The second kappa shape index (κ2) is 5.27. The zero-order valence-corrected chi connectivity index (χ0v) is 11.9. The molecule has 0 radical (unpaired) electrons. The van der Waals surface area contributed by atoms with E-state index in [-0.39, 0.29) is 6.04 Å². The highest BCUT2D eigenvalue weighted by molar-refractivity contribution is 6.35. The number of benzene rings is 1. The van der Waals surface area contributed by atoms with Crippen LogP contribution in [-0.2, 0) is 0 Å². The highest BCUT2D eigenvalue weighted by Crippen LogP contribution is 2.33. The van der Waals surface area contributed by atoms with Gasteiger partial charge in [-0.05, 0) is 42.8 Å². The number of hydrogen-bond donors (Lipinski definition) is 1. The third kappa shape index (κ3) is 2.19. The molecule has 0 fully saturated rings. The summed E-state index contributed by atoms with van der Waals surface area (Å²) in [7, 11) is 0. The largest absolute Gasteiger partial charge is 0.459 e. The average molecular weight is 287 g/mol. The maximum Gasteiger partial charge on any atom is 0.136 e. The van der Waals surface area contributed by atoms with Crippen LogP contribution in [0.3, 0.4) is 0 Å². The van der Waals surface area contributed by atoms with E-state index in [0.717, 1.165) is 34.4 Å². The fourth-order valence-electron chi connectivity index (χ4n) is 2.23. The van der Waals surface area contributed by atoms with E-state index in [1.807, 2.05) is 43.3 Å². The van der Waals surface area contributed by atoms with E-state index in [0.29, 0.717) is 5.02 Å². The number of nitrogens with zero attached hydrogens (tertiary/aromatic N) is 1. The number of halogens is 1. The van der Waals surface area contributed by atoms with Crippen LogP contribution < -0.4 is 5.73 Å². The van der Waals surface area contributed by atoms with E-state index >= 15 is 0 Å². The number of aromatic nitrogens is 1. The molecule has 0 bridgehead atoms. The second-order valence-corrected chi connectivity index (χ2v) is 5.12. The van der Waals surface area contributed by atoms with Crippen molar-refractivity contribution in [1.29, 1.82) is 0 Å². The lowest BCUT2D eigenvalue weighted by Gasteiger charge is -2.06. The molecule has 1 atom stereocenters. The van der Waals surface area contributed by atoms with Crippen molar-refractivity contribution in [2.45, 2.75) is 19.4 Å². The van der Waals surface area contributed by atoms with E-state index < -0.39 is 0 Å². The van der Waals surface area contributed by atoms with Gasteiger partial charge in [0.25, 0.3) is 0 Å². The van der Waals surface area contributed by atoms with Crippen LogP contribution in [0.5, 0.6) is 0 Å².